The van der Waals surface area contributed by atoms with Crippen LogP contribution in [0.3, 0.4) is 0 Å². The summed E-state index contributed by atoms with van der Waals surface area (Å²) in [7, 11) is 1.59. The molecule has 0 saturated heterocycles. The topological polar surface area (TPSA) is 67.4 Å². The van der Waals surface area contributed by atoms with Gasteiger partial charge in [-0.1, -0.05) is 13.8 Å². The van der Waals surface area contributed by atoms with Gasteiger partial charge in [0.05, 0.1) is 7.11 Å². The predicted molar refractivity (Wildman–Crippen MR) is 74.1 cm³/mol. The van der Waals surface area contributed by atoms with Gasteiger partial charge in [-0.25, -0.2) is 0 Å². The second-order valence-electron chi connectivity index (χ2n) is 4.47. The van der Waals surface area contributed by atoms with Crippen LogP contribution in [0.4, 0.5) is 5.69 Å². The van der Waals surface area contributed by atoms with Crippen LogP contribution in [0.2, 0.25) is 0 Å². The van der Waals surface area contributed by atoms with Gasteiger partial charge in [-0.15, -0.1) is 0 Å². The van der Waals surface area contributed by atoms with Crippen molar-refractivity contribution in [1.82, 2.24) is 5.32 Å². The van der Waals surface area contributed by atoms with Crippen LogP contribution < -0.4 is 15.4 Å². The number of methoxy groups -OCH3 is 1. The summed E-state index contributed by atoms with van der Waals surface area (Å²) in [5, 5.41) is 5.45. The van der Waals surface area contributed by atoms with E-state index in [0.717, 1.165) is 5.75 Å². The lowest BCUT2D eigenvalue weighted by atomic mass is 10.2. The summed E-state index contributed by atoms with van der Waals surface area (Å²) in [5.41, 5.74) is 0.709. The number of ether oxygens (including phenoxy) is 1. The summed E-state index contributed by atoms with van der Waals surface area (Å²) in [5.74, 6) is 0.498. The highest BCUT2D eigenvalue weighted by Gasteiger charge is 2.07. The summed E-state index contributed by atoms with van der Waals surface area (Å²) >= 11 is 0. The molecule has 0 aliphatic heterocycles. The molecule has 104 valence electrons. The average molecular weight is 264 g/mol. The van der Waals surface area contributed by atoms with Gasteiger partial charge in [-0.3, -0.25) is 9.59 Å². The third-order valence-corrected chi connectivity index (χ3v) is 2.55. The Hall–Kier alpha value is -2.04. The lowest BCUT2D eigenvalue weighted by Crippen LogP contribution is -2.30. The zero-order valence-corrected chi connectivity index (χ0v) is 11.5. The number of hydrogen-bond acceptors (Lipinski definition) is 3. The Morgan fingerprint density at radius 3 is 2.37 bits per heavy atom. The number of anilines is 1. The van der Waals surface area contributed by atoms with Crippen molar-refractivity contribution in [2.75, 3.05) is 19.0 Å². The van der Waals surface area contributed by atoms with E-state index >= 15 is 0 Å². The highest BCUT2D eigenvalue weighted by molar-refractivity contribution is 5.91. The normalized spacial score (nSPS) is 10.1. The van der Waals surface area contributed by atoms with Crippen molar-refractivity contribution in [3.05, 3.63) is 24.3 Å². The first-order valence-corrected chi connectivity index (χ1v) is 6.24. The number of carbonyl (C=O) groups excluding carboxylic acids is 2. The molecule has 0 heterocycles. The number of nitrogens with one attached hydrogen (secondary N) is 2. The van der Waals surface area contributed by atoms with Crippen molar-refractivity contribution in [2.24, 2.45) is 5.92 Å². The monoisotopic (exact) mass is 264 g/mol. The molecule has 0 bridgehead atoms. The zero-order valence-electron chi connectivity index (χ0n) is 11.5. The molecule has 0 atom stereocenters. The van der Waals surface area contributed by atoms with Crippen LogP contribution in [-0.4, -0.2) is 25.5 Å². The summed E-state index contributed by atoms with van der Waals surface area (Å²) in [6.45, 7) is 3.97. The van der Waals surface area contributed by atoms with E-state index in [1.807, 2.05) is 13.8 Å². The van der Waals surface area contributed by atoms with E-state index in [0.29, 0.717) is 12.2 Å². The van der Waals surface area contributed by atoms with Crippen LogP contribution in [0.15, 0.2) is 24.3 Å². The minimum Gasteiger partial charge on any atom is -0.497 e. The molecule has 0 unspecified atom stereocenters. The lowest BCUT2D eigenvalue weighted by Gasteiger charge is -2.08. The Morgan fingerprint density at radius 1 is 1.21 bits per heavy atom. The molecule has 2 N–H and O–H groups in total. The smallest absolute Gasteiger partial charge is 0.226 e. The van der Waals surface area contributed by atoms with E-state index in [9.17, 15) is 9.59 Å². The standard InChI is InChI=1S/C14H20N2O3/c1-10(2)14(18)15-9-8-13(17)16-11-4-6-12(19-3)7-5-11/h4-7,10H,8-9H2,1-3H3,(H,15,18)(H,16,17). The van der Waals surface area contributed by atoms with E-state index < -0.39 is 0 Å². The number of amides is 2. The highest BCUT2D eigenvalue weighted by atomic mass is 16.5. The number of hydrogen-bond donors (Lipinski definition) is 2. The number of rotatable bonds is 6. The summed E-state index contributed by atoms with van der Waals surface area (Å²) in [4.78, 5) is 22.9. The fraction of sp³-hybridized carbons (Fsp3) is 0.429. The Bertz CT molecular complexity index is 427. The van der Waals surface area contributed by atoms with Crippen molar-refractivity contribution in [3.63, 3.8) is 0 Å². The van der Waals surface area contributed by atoms with Gasteiger partial charge >= 0.3 is 0 Å². The van der Waals surface area contributed by atoms with Crippen LogP contribution in [0.5, 0.6) is 5.75 Å². The molecule has 0 radical (unpaired) electrons. The van der Waals surface area contributed by atoms with E-state index in [1.165, 1.54) is 0 Å². The summed E-state index contributed by atoms with van der Waals surface area (Å²) in [6.07, 6.45) is 0.254. The minimum absolute atomic E-state index is 0.0442. The molecule has 0 fully saturated rings. The molecule has 0 aliphatic carbocycles. The first kappa shape index (κ1) is 15.0. The first-order valence-electron chi connectivity index (χ1n) is 6.24. The Labute approximate surface area is 113 Å². The Kier molecular flexibility index (Phi) is 5.85. The SMILES string of the molecule is COc1ccc(NC(=O)CCNC(=O)C(C)C)cc1. The van der Waals surface area contributed by atoms with E-state index in [-0.39, 0.29) is 24.2 Å². The van der Waals surface area contributed by atoms with Crippen molar-refractivity contribution in [2.45, 2.75) is 20.3 Å². The van der Waals surface area contributed by atoms with E-state index in [2.05, 4.69) is 10.6 Å². The highest BCUT2D eigenvalue weighted by Crippen LogP contribution is 2.14. The third-order valence-electron chi connectivity index (χ3n) is 2.55. The van der Waals surface area contributed by atoms with Gasteiger partial charge < -0.3 is 15.4 Å². The molecule has 19 heavy (non-hydrogen) atoms. The first-order chi connectivity index (χ1) is 9.02. The van der Waals surface area contributed by atoms with E-state index in [1.54, 1.807) is 31.4 Å². The fourth-order valence-electron chi connectivity index (χ4n) is 1.40. The van der Waals surface area contributed by atoms with Crippen molar-refractivity contribution in [3.8, 4) is 5.75 Å². The molecule has 5 heteroatoms. The molecule has 5 nitrogen and oxygen atoms in total. The summed E-state index contributed by atoms with van der Waals surface area (Å²) in [6, 6.07) is 7.08. The molecule has 1 rings (SSSR count). The maximum Gasteiger partial charge on any atom is 0.226 e. The Balaban J connectivity index is 2.32. The third kappa shape index (κ3) is 5.42. The molecule has 0 aromatic heterocycles. The molecule has 0 aliphatic rings. The molecule has 0 spiro atoms. The van der Waals surface area contributed by atoms with Gasteiger partial charge in [0.15, 0.2) is 0 Å². The van der Waals surface area contributed by atoms with Crippen LogP contribution in [-0.2, 0) is 9.59 Å². The molecule has 1 aromatic carbocycles. The van der Waals surface area contributed by atoms with Gasteiger partial charge in [-0.05, 0) is 24.3 Å². The van der Waals surface area contributed by atoms with Crippen molar-refractivity contribution < 1.29 is 14.3 Å². The van der Waals surface area contributed by atoms with Crippen LogP contribution in [0.25, 0.3) is 0 Å². The van der Waals surface area contributed by atoms with Gasteiger partial charge in [0.1, 0.15) is 5.75 Å². The largest absolute Gasteiger partial charge is 0.497 e. The minimum atomic E-state index is -0.130. The predicted octanol–water partition coefficient (Wildman–Crippen LogP) is 1.80. The second kappa shape index (κ2) is 7.41. The molecular formula is C14H20N2O3. The quantitative estimate of drug-likeness (QED) is 0.823. The van der Waals surface area contributed by atoms with Crippen LogP contribution >= 0.6 is 0 Å². The van der Waals surface area contributed by atoms with Crippen LogP contribution in [0.1, 0.15) is 20.3 Å². The van der Waals surface area contributed by atoms with Crippen molar-refractivity contribution in [1.29, 1.82) is 0 Å². The fourth-order valence-corrected chi connectivity index (χ4v) is 1.40. The average Bonchev–Trinajstić information content (AvgIpc) is 2.39. The maximum absolute atomic E-state index is 11.6. The second-order valence-corrected chi connectivity index (χ2v) is 4.47. The number of benzene rings is 1. The molecule has 0 saturated carbocycles. The zero-order chi connectivity index (χ0) is 14.3. The maximum atomic E-state index is 11.6. The van der Waals surface area contributed by atoms with Crippen LogP contribution in [0, 0.1) is 5.92 Å². The van der Waals surface area contributed by atoms with Gasteiger partial charge in [0.25, 0.3) is 0 Å². The molecule has 2 amide bonds. The molecule has 1 aromatic rings. The van der Waals surface area contributed by atoms with Crippen molar-refractivity contribution >= 4 is 17.5 Å². The van der Waals surface area contributed by atoms with Gasteiger partial charge in [0.2, 0.25) is 11.8 Å². The van der Waals surface area contributed by atoms with E-state index in [4.69, 9.17) is 4.74 Å². The van der Waals surface area contributed by atoms with Gasteiger partial charge in [0, 0.05) is 24.6 Å². The van der Waals surface area contributed by atoms with Gasteiger partial charge in [-0.2, -0.15) is 0 Å². The molecular weight excluding hydrogens is 244 g/mol. The number of carbonyl (C=O) groups is 2. The Morgan fingerprint density at radius 2 is 1.84 bits per heavy atom. The lowest BCUT2D eigenvalue weighted by molar-refractivity contribution is -0.124. The summed E-state index contributed by atoms with van der Waals surface area (Å²) < 4.78 is 5.03.